The fourth-order valence-electron chi connectivity index (χ4n) is 1.42. The van der Waals surface area contributed by atoms with Crippen molar-refractivity contribution >= 4 is 40.4 Å². The number of nitrogens with one attached hydrogen (secondary N) is 1. The maximum Gasteiger partial charge on any atom is 0.255 e. The fraction of sp³-hybridized carbons (Fsp3) is 0.273. The summed E-state index contributed by atoms with van der Waals surface area (Å²) >= 11 is 13.0. The first-order valence-electron chi connectivity index (χ1n) is 5.39. The van der Waals surface area contributed by atoms with Crippen LogP contribution in [0.2, 0.25) is 10.3 Å². The number of halogens is 2. The van der Waals surface area contributed by atoms with Gasteiger partial charge in [-0.2, -0.15) is 0 Å². The minimum Gasteiger partial charge on any atom is -0.343 e. The van der Waals surface area contributed by atoms with Crippen LogP contribution in [0.5, 0.6) is 0 Å². The van der Waals surface area contributed by atoms with Gasteiger partial charge in [0.1, 0.15) is 5.01 Å². The van der Waals surface area contributed by atoms with Gasteiger partial charge in [0.05, 0.1) is 11.6 Å². The molecule has 0 aliphatic rings. The van der Waals surface area contributed by atoms with Crippen molar-refractivity contribution in [3.05, 3.63) is 38.0 Å². The van der Waals surface area contributed by atoms with Gasteiger partial charge in [0.2, 0.25) is 0 Å². The van der Waals surface area contributed by atoms with E-state index in [1.54, 1.807) is 6.20 Å². The highest BCUT2D eigenvalue weighted by molar-refractivity contribution is 7.11. The normalized spacial score (nSPS) is 12.2. The van der Waals surface area contributed by atoms with Gasteiger partial charge in [0.25, 0.3) is 5.91 Å². The van der Waals surface area contributed by atoms with E-state index in [0.717, 1.165) is 9.88 Å². The molecule has 0 bridgehead atoms. The third-order valence-electron chi connectivity index (χ3n) is 2.32. The first-order valence-corrected chi connectivity index (χ1v) is 6.96. The molecule has 2 aromatic rings. The number of hydrogen-bond donors (Lipinski definition) is 1. The largest absolute Gasteiger partial charge is 0.343 e. The molecule has 0 saturated heterocycles. The van der Waals surface area contributed by atoms with E-state index in [9.17, 15) is 4.79 Å². The van der Waals surface area contributed by atoms with Crippen LogP contribution in [0.3, 0.4) is 0 Å². The van der Waals surface area contributed by atoms with Crippen LogP contribution in [-0.2, 0) is 0 Å². The Balaban J connectivity index is 2.15. The van der Waals surface area contributed by atoms with Gasteiger partial charge < -0.3 is 5.32 Å². The molecule has 1 unspecified atom stereocenters. The Hall–Kier alpha value is -1.24. The lowest BCUT2D eigenvalue weighted by atomic mass is 10.2. The van der Waals surface area contributed by atoms with Gasteiger partial charge in [-0.1, -0.05) is 23.2 Å². The summed E-state index contributed by atoms with van der Waals surface area (Å²) in [6.45, 7) is 3.80. The van der Waals surface area contributed by atoms with Gasteiger partial charge in [0, 0.05) is 11.1 Å². The molecular weight excluding hydrogens is 307 g/mol. The molecule has 2 rings (SSSR count). The van der Waals surface area contributed by atoms with E-state index in [4.69, 9.17) is 23.2 Å². The van der Waals surface area contributed by atoms with Crippen LogP contribution >= 0.6 is 34.5 Å². The molecular formula is C11H10Cl2N4OS. The lowest BCUT2D eigenvalue weighted by molar-refractivity contribution is 0.0939. The van der Waals surface area contributed by atoms with Crippen molar-refractivity contribution in [1.82, 2.24) is 20.5 Å². The Labute approximate surface area is 124 Å². The summed E-state index contributed by atoms with van der Waals surface area (Å²) in [6.07, 6.45) is 1.76. The monoisotopic (exact) mass is 316 g/mol. The molecule has 0 aliphatic carbocycles. The fourth-order valence-corrected chi connectivity index (χ4v) is 2.52. The molecule has 5 nitrogen and oxygen atoms in total. The van der Waals surface area contributed by atoms with E-state index in [0.29, 0.717) is 0 Å². The minimum absolute atomic E-state index is 0.0180. The van der Waals surface area contributed by atoms with Crippen molar-refractivity contribution in [2.24, 2.45) is 0 Å². The first kappa shape index (κ1) is 14.2. The van der Waals surface area contributed by atoms with Crippen molar-refractivity contribution < 1.29 is 4.79 Å². The number of amides is 1. The summed E-state index contributed by atoms with van der Waals surface area (Å²) in [5, 5.41) is 10.9. The number of nitrogens with zero attached hydrogens (tertiary/aromatic N) is 3. The Morgan fingerprint density at radius 3 is 2.79 bits per heavy atom. The van der Waals surface area contributed by atoms with Gasteiger partial charge in [-0.15, -0.1) is 21.5 Å². The summed E-state index contributed by atoms with van der Waals surface area (Å²) in [4.78, 5) is 17.4. The molecule has 1 atom stereocenters. The molecule has 2 heterocycles. The molecule has 0 saturated carbocycles. The summed E-state index contributed by atoms with van der Waals surface area (Å²) < 4.78 is 0. The van der Waals surface area contributed by atoms with Crippen LogP contribution in [0, 0.1) is 6.92 Å². The third kappa shape index (κ3) is 3.40. The Morgan fingerprint density at radius 1 is 1.42 bits per heavy atom. The maximum absolute atomic E-state index is 12.1. The quantitative estimate of drug-likeness (QED) is 0.945. The number of thiazole rings is 1. The second kappa shape index (κ2) is 5.81. The zero-order chi connectivity index (χ0) is 14.0. The van der Waals surface area contributed by atoms with Crippen LogP contribution in [0.4, 0.5) is 0 Å². The van der Waals surface area contributed by atoms with Crippen molar-refractivity contribution in [1.29, 1.82) is 0 Å². The average Bonchev–Trinajstić information content (AvgIpc) is 2.79. The smallest absolute Gasteiger partial charge is 0.255 e. The SMILES string of the molecule is Cc1cnc(C(C)NC(=O)c2cc(Cl)nnc2Cl)s1. The van der Waals surface area contributed by atoms with E-state index >= 15 is 0 Å². The lowest BCUT2D eigenvalue weighted by Crippen LogP contribution is -2.27. The van der Waals surface area contributed by atoms with Crippen LogP contribution in [-0.4, -0.2) is 21.1 Å². The molecule has 2 aromatic heterocycles. The summed E-state index contributed by atoms with van der Waals surface area (Å²) in [7, 11) is 0. The van der Waals surface area contributed by atoms with E-state index in [-0.39, 0.29) is 27.8 Å². The van der Waals surface area contributed by atoms with E-state index in [1.165, 1.54) is 17.4 Å². The van der Waals surface area contributed by atoms with Gasteiger partial charge in [0.15, 0.2) is 10.3 Å². The maximum atomic E-state index is 12.1. The van der Waals surface area contributed by atoms with Crippen molar-refractivity contribution in [3.8, 4) is 0 Å². The molecule has 0 spiro atoms. The number of carbonyl (C=O) groups is 1. The predicted octanol–water partition coefficient (Wildman–Crippen LogP) is 3.04. The highest BCUT2D eigenvalue weighted by atomic mass is 35.5. The van der Waals surface area contributed by atoms with E-state index in [1.807, 2.05) is 13.8 Å². The van der Waals surface area contributed by atoms with Crippen LogP contribution in [0.1, 0.15) is 33.2 Å². The van der Waals surface area contributed by atoms with Gasteiger partial charge >= 0.3 is 0 Å². The molecule has 1 N–H and O–H groups in total. The standard InChI is InChI=1S/C11H10Cl2N4OS/c1-5-4-14-11(19-5)6(2)15-10(18)7-3-8(12)16-17-9(7)13/h3-4,6H,1-2H3,(H,15,18). The summed E-state index contributed by atoms with van der Waals surface area (Å²) in [5.74, 6) is -0.359. The van der Waals surface area contributed by atoms with Crippen LogP contribution in [0.25, 0.3) is 0 Å². The number of aryl methyl sites for hydroxylation is 1. The first-order chi connectivity index (χ1) is 8.97. The van der Waals surface area contributed by atoms with Crippen molar-refractivity contribution in [3.63, 3.8) is 0 Å². The number of carbonyl (C=O) groups excluding carboxylic acids is 1. The van der Waals surface area contributed by atoms with Gasteiger partial charge in [-0.05, 0) is 19.9 Å². The molecule has 0 aromatic carbocycles. The van der Waals surface area contributed by atoms with Crippen molar-refractivity contribution in [2.45, 2.75) is 19.9 Å². The molecule has 0 radical (unpaired) electrons. The Bertz CT molecular complexity index is 616. The topological polar surface area (TPSA) is 67.8 Å². The molecule has 0 fully saturated rings. The highest BCUT2D eigenvalue weighted by Crippen LogP contribution is 2.21. The van der Waals surface area contributed by atoms with Gasteiger partial charge in [-0.3, -0.25) is 4.79 Å². The zero-order valence-electron chi connectivity index (χ0n) is 10.1. The summed E-state index contributed by atoms with van der Waals surface area (Å²) in [6, 6.07) is 1.17. The molecule has 100 valence electrons. The molecule has 1 amide bonds. The second-order valence-corrected chi connectivity index (χ2v) is 5.89. The third-order valence-corrected chi connectivity index (χ3v) is 3.88. The number of aromatic nitrogens is 3. The second-order valence-electron chi connectivity index (χ2n) is 3.88. The van der Waals surface area contributed by atoms with Gasteiger partial charge in [-0.25, -0.2) is 4.98 Å². The number of hydrogen-bond acceptors (Lipinski definition) is 5. The number of rotatable bonds is 3. The van der Waals surface area contributed by atoms with Crippen LogP contribution < -0.4 is 5.32 Å². The highest BCUT2D eigenvalue weighted by Gasteiger charge is 2.17. The predicted molar refractivity (Wildman–Crippen MR) is 74.8 cm³/mol. The average molecular weight is 317 g/mol. The summed E-state index contributed by atoms with van der Waals surface area (Å²) in [5.41, 5.74) is 0.196. The lowest BCUT2D eigenvalue weighted by Gasteiger charge is -2.11. The van der Waals surface area contributed by atoms with Crippen molar-refractivity contribution in [2.75, 3.05) is 0 Å². The van der Waals surface area contributed by atoms with E-state index in [2.05, 4.69) is 20.5 Å². The molecule has 0 aliphatic heterocycles. The Kier molecular flexibility index (Phi) is 4.34. The molecule has 8 heteroatoms. The zero-order valence-corrected chi connectivity index (χ0v) is 12.5. The minimum atomic E-state index is -0.359. The Morgan fingerprint density at radius 2 is 2.16 bits per heavy atom. The van der Waals surface area contributed by atoms with E-state index < -0.39 is 0 Å². The molecule has 19 heavy (non-hydrogen) atoms. The van der Waals surface area contributed by atoms with Crippen LogP contribution in [0.15, 0.2) is 12.3 Å².